The number of rotatable bonds is 4. The van der Waals surface area contributed by atoms with Gasteiger partial charge in [0.1, 0.15) is 0 Å². The van der Waals surface area contributed by atoms with Crippen LogP contribution in [0.4, 0.5) is 5.69 Å². The zero-order valence-electron chi connectivity index (χ0n) is 12.3. The Bertz CT molecular complexity index is 731. The van der Waals surface area contributed by atoms with Gasteiger partial charge < -0.3 is 10.3 Å². The quantitative estimate of drug-likeness (QED) is 0.889. The number of imidazole rings is 1. The van der Waals surface area contributed by atoms with Gasteiger partial charge in [-0.25, -0.2) is 4.79 Å². The van der Waals surface area contributed by atoms with Crippen molar-refractivity contribution in [3.8, 4) is 0 Å². The van der Waals surface area contributed by atoms with E-state index in [1.807, 2.05) is 39.0 Å². The van der Waals surface area contributed by atoms with Gasteiger partial charge in [-0.1, -0.05) is 6.07 Å². The lowest BCUT2D eigenvalue weighted by molar-refractivity contribution is -0.116. The van der Waals surface area contributed by atoms with Crippen LogP contribution in [0.5, 0.6) is 0 Å². The zero-order valence-corrected chi connectivity index (χ0v) is 13.9. The van der Waals surface area contributed by atoms with Crippen molar-refractivity contribution < 1.29 is 4.79 Å². The van der Waals surface area contributed by atoms with Gasteiger partial charge >= 0.3 is 5.69 Å². The van der Waals surface area contributed by atoms with Crippen LogP contribution in [0.2, 0.25) is 0 Å². The SMILES string of the molecule is Cc1ccc(NC(=O)CCn2c(C)c(C)[nH]c2=O)c(Br)c1. The number of halogens is 1. The highest BCUT2D eigenvalue weighted by Crippen LogP contribution is 2.23. The van der Waals surface area contributed by atoms with Gasteiger partial charge in [-0.3, -0.25) is 9.36 Å². The number of nitrogens with zero attached hydrogens (tertiary/aromatic N) is 1. The molecule has 0 radical (unpaired) electrons. The molecule has 0 spiro atoms. The number of nitrogens with one attached hydrogen (secondary N) is 2. The molecule has 1 aromatic carbocycles. The highest BCUT2D eigenvalue weighted by Gasteiger charge is 2.10. The van der Waals surface area contributed by atoms with Gasteiger partial charge in [0.15, 0.2) is 0 Å². The van der Waals surface area contributed by atoms with Gasteiger partial charge in [0.25, 0.3) is 0 Å². The average Bonchev–Trinajstić information content (AvgIpc) is 2.65. The molecule has 0 atom stereocenters. The first-order valence-electron chi connectivity index (χ1n) is 6.70. The standard InChI is InChI=1S/C15H18BrN3O2/c1-9-4-5-13(12(16)8-9)18-14(20)6-7-19-11(3)10(2)17-15(19)21/h4-5,8H,6-7H2,1-3H3,(H,17,21)(H,18,20). The third-order valence-electron chi connectivity index (χ3n) is 3.45. The maximum atomic E-state index is 12.0. The Labute approximate surface area is 131 Å². The Morgan fingerprint density at radius 3 is 2.62 bits per heavy atom. The normalized spacial score (nSPS) is 10.7. The van der Waals surface area contributed by atoms with Crippen molar-refractivity contribution in [1.82, 2.24) is 9.55 Å². The second-order valence-electron chi connectivity index (χ2n) is 5.07. The Kier molecular flexibility index (Phi) is 4.67. The Hall–Kier alpha value is -1.82. The van der Waals surface area contributed by atoms with Crippen LogP contribution >= 0.6 is 15.9 Å². The molecule has 1 amide bonds. The van der Waals surface area contributed by atoms with Crippen molar-refractivity contribution in [3.05, 3.63) is 50.1 Å². The lowest BCUT2D eigenvalue weighted by Gasteiger charge is -2.09. The Morgan fingerprint density at radius 2 is 2.05 bits per heavy atom. The summed E-state index contributed by atoms with van der Waals surface area (Å²) in [6, 6.07) is 5.74. The summed E-state index contributed by atoms with van der Waals surface area (Å²) in [5.74, 6) is -0.121. The third-order valence-corrected chi connectivity index (χ3v) is 4.10. The lowest BCUT2D eigenvalue weighted by atomic mass is 10.2. The van der Waals surface area contributed by atoms with E-state index in [1.54, 1.807) is 4.57 Å². The molecule has 1 aromatic heterocycles. The number of carbonyl (C=O) groups is 1. The van der Waals surface area contributed by atoms with Crippen molar-refractivity contribution in [2.24, 2.45) is 0 Å². The maximum absolute atomic E-state index is 12.0. The summed E-state index contributed by atoms with van der Waals surface area (Å²) in [7, 11) is 0. The fourth-order valence-corrected chi connectivity index (χ4v) is 2.68. The number of aromatic nitrogens is 2. The van der Waals surface area contributed by atoms with Crippen LogP contribution in [0.3, 0.4) is 0 Å². The molecule has 6 heteroatoms. The van der Waals surface area contributed by atoms with E-state index >= 15 is 0 Å². The van der Waals surface area contributed by atoms with Crippen LogP contribution in [-0.2, 0) is 11.3 Å². The summed E-state index contributed by atoms with van der Waals surface area (Å²) < 4.78 is 2.43. The minimum atomic E-state index is -0.172. The number of hydrogen-bond acceptors (Lipinski definition) is 2. The van der Waals surface area contributed by atoms with Gasteiger partial charge in [-0.15, -0.1) is 0 Å². The van der Waals surface area contributed by atoms with Gasteiger partial charge in [-0.05, 0) is 54.4 Å². The summed E-state index contributed by atoms with van der Waals surface area (Å²) >= 11 is 3.42. The van der Waals surface area contributed by atoms with E-state index in [2.05, 4.69) is 26.2 Å². The number of H-pyrrole nitrogens is 1. The van der Waals surface area contributed by atoms with Crippen LogP contribution in [0.15, 0.2) is 27.5 Å². The second-order valence-corrected chi connectivity index (χ2v) is 5.93. The molecule has 0 aliphatic heterocycles. The van der Waals surface area contributed by atoms with Gasteiger partial charge in [0.05, 0.1) is 5.69 Å². The van der Waals surface area contributed by atoms with Crippen molar-refractivity contribution in [1.29, 1.82) is 0 Å². The summed E-state index contributed by atoms with van der Waals surface area (Å²) in [4.78, 5) is 26.4. The van der Waals surface area contributed by atoms with Crippen LogP contribution in [-0.4, -0.2) is 15.5 Å². The second kappa shape index (κ2) is 6.30. The maximum Gasteiger partial charge on any atom is 0.325 e. The predicted octanol–water partition coefficient (Wildman–Crippen LogP) is 2.89. The minimum absolute atomic E-state index is 0.121. The highest BCUT2D eigenvalue weighted by molar-refractivity contribution is 9.10. The summed E-state index contributed by atoms with van der Waals surface area (Å²) in [6.07, 6.45) is 0.248. The van der Waals surface area contributed by atoms with Crippen LogP contribution < -0.4 is 11.0 Å². The van der Waals surface area contributed by atoms with E-state index in [9.17, 15) is 9.59 Å². The molecule has 2 rings (SSSR count). The zero-order chi connectivity index (χ0) is 15.6. The number of aryl methyl sites for hydroxylation is 2. The summed E-state index contributed by atoms with van der Waals surface area (Å²) in [6.45, 7) is 6.06. The van der Waals surface area contributed by atoms with Gasteiger partial charge in [-0.2, -0.15) is 0 Å². The fourth-order valence-electron chi connectivity index (χ4n) is 2.09. The van der Waals surface area contributed by atoms with Crippen molar-refractivity contribution in [2.75, 3.05) is 5.32 Å². The van der Waals surface area contributed by atoms with E-state index in [0.717, 1.165) is 27.1 Å². The molecule has 21 heavy (non-hydrogen) atoms. The lowest BCUT2D eigenvalue weighted by Crippen LogP contribution is -2.22. The van der Waals surface area contributed by atoms with Crippen molar-refractivity contribution in [2.45, 2.75) is 33.7 Å². The number of benzene rings is 1. The molecule has 2 aromatic rings. The highest BCUT2D eigenvalue weighted by atomic mass is 79.9. The fraction of sp³-hybridized carbons (Fsp3) is 0.333. The molecule has 0 unspecified atom stereocenters. The van der Waals surface area contributed by atoms with Crippen LogP contribution in [0.1, 0.15) is 23.4 Å². The number of amides is 1. The third kappa shape index (κ3) is 3.64. The molecule has 0 saturated carbocycles. The predicted molar refractivity (Wildman–Crippen MR) is 86.7 cm³/mol. The molecule has 0 bridgehead atoms. The van der Waals surface area contributed by atoms with E-state index in [-0.39, 0.29) is 18.0 Å². The first-order chi connectivity index (χ1) is 9.88. The average molecular weight is 352 g/mol. The minimum Gasteiger partial charge on any atom is -0.325 e. The molecule has 112 valence electrons. The monoisotopic (exact) mass is 351 g/mol. The first kappa shape index (κ1) is 15.6. The largest absolute Gasteiger partial charge is 0.325 e. The van der Waals surface area contributed by atoms with Gasteiger partial charge in [0, 0.05) is 28.8 Å². The van der Waals surface area contributed by atoms with Crippen LogP contribution in [0.25, 0.3) is 0 Å². The Morgan fingerprint density at radius 1 is 1.33 bits per heavy atom. The van der Waals surface area contributed by atoms with E-state index < -0.39 is 0 Å². The molecule has 1 heterocycles. The number of anilines is 1. The van der Waals surface area contributed by atoms with Crippen molar-refractivity contribution in [3.63, 3.8) is 0 Å². The van der Waals surface area contributed by atoms with Crippen LogP contribution in [0, 0.1) is 20.8 Å². The molecule has 0 aliphatic carbocycles. The molecule has 0 aliphatic rings. The van der Waals surface area contributed by atoms with E-state index in [4.69, 9.17) is 0 Å². The van der Waals surface area contributed by atoms with Crippen molar-refractivity contribution >= 4 is 27.5 Å². The van der Waals surface area contributed by atoms with Gasteiger partial charge in [0.2, 0.25) is 5.91 Å². The smallest absolute Gasteiger partial charge is 0.325 e. The first-order valence-corrected chi connectivity index (χ1v) is 7.50. The topological polar surface area (TPSA) is 66.9 Å². The van der Waals surface area contributed by atoms with E-state index in [0.29, 0.717) is 6.54 Å². The number of aromatic amines is 1. The summed E-state index contributed by atoms with van der Waals surface area (Å²) in [5.41, 5.74) is 3.38. The molecular weight excluding hydrogens is 334 g/mol. The molecule has 2 N–H and O–H groups in total. The molecule has 0 saturated heterocycles. The summed E-state index contributed by atoms with van der Waals surface area (Å²) in [5, 5.41) is 2.84. The molecule has 0 fully saturated rings. The molecule has 5 nitrogen and oxygen atoms in total. The Balaban J connectivity index is 2.01. The van der Waals surface area contributed by atoms with E-state index in [1.165, 1.54) is 0 Å². The number of hydrogen-bond donors (Lipinski definition) is 2. The molecular formula is C15H18BrN3O2. The number of carbonyl (C=O) groups excluding carboxylic acids is 1.